The van der Waals surface area contributed by atoms with Crippen LogP contribution >= 0.6 is 0 Å². The molecule has 5 nitrogen and oxygen atoms in total. The minimum atomic E-state index is 0.346. The highest BCUT2D eigenvalue weighted by Crippen LogP contribution is 2.33. The summed E-state index contributed by atoms with van der Waals surface area (Å²) in [5.41, 5.74) is 1.26. The molecule has 1 aromatic heterocycles. The van der Waals surface area contributed by atoms with Gasteiger partial charge in [0, 0.05) is 25.0 Å². The molecule has 2 heterocycles. The van der Waals surface area contributed by atoms with E-state index in [0.29, 0.717) is 19.3 Å². The van der Waals surface area contributed by atoms with Crippen molar-refractivity contribution in [1.82, 2.24) is 14.9 Å². The van der Waals surface area contributed by atoms with Crippen molar-refractivity contribution in [3.63, 3.8) is 0 Å². The highest BCUT2D eigenvalue weighted by atomic mass is 16.6. The molecule has 0 saturated heterocycles. The summed E-state index contributed by atoms with van der Waals surface area (Å²) in [4.78, 5) is 4.06. The van der Waals surface area contributed by atoms with E-state index in [1.165, 1.54) is 5.56 Å². The van der Waals surface area contributed by atoms with Crippen LogP contribution in [0.4, 0.5) is 0 Å². The van der Waals surface area contributed by atoms with E-state index in [0.717, 1.165) is 37.4 Å². The van der Waals surface area contributed by atoms with Crippen LogP contribution in [0.5, 0.6) is 11.5 Å². The van der Waals surface area contributed by atoms with E-state index in [-0.39, 0.29) is 0 Å². The molecule has 22 heavy (non-hydrogen) atoms. The van der Waals surface area contributed by atoms with E-state index in [1.54, 1.807) is 0 Å². The van der Waals surface area contributed by atoms with E-state index in [2.05, 4.69) is 33.9 Å². The van der Waals surface area contributed by atoms with E-state index >= 15 is 0 Å². The van der Waals surface area contributed by atoms with Crippen molar-refractivity contribution in [2.75, 3.05) is 19.8 Å². The van der Waals surface area contributed by atoms with Gasteiger partial charge >= 0.3 is 0 Å². The van der Waals surface area contributed by atoms with Gasteiger partial charge in [-0.05, 0) is 37.1 Å². The minimum absolute atomic E-state index is 0.346. The average molecular weight is 301 g/mol. The van der Waals surface area contributed by atoms with Crippen LogP contribution in [0.3, 0.4) is 0 Å². The zero-order valence-corrected chi connectivity index (χ0v) is 13.0. The Hall–Kier alpha value is -2.01. The minimum Gasteiger partial charge on any atom is -0.486 e. The van der Waals surface area contributed by atoms with Crippen LogP contribution < -0.4 is 14.8 Å². The normalized spacial score (nSPS) is 14.8. The Bertz CT molecular complexity index is 584. The van der Waals surface area contributed by atoms with E-state index in [4.69, 9.17) is 9.47 Å². The molecule has 0 saturated carbocycles. The van der Waals surface area contributed by atoms with Gasteiger partial charge in [-0.1, -0.05) is 13.0 Å². The second-order valence-electron chi connectivity index (χ2n) is 5.47. The summed E-state index contributed by atoms with van der Waals surface area (Å²) in [6.07, 6.45) is 7.80. The lowest BCUT2D eigenvalue weighted by Crippen LogP contribution is -2.23. The second-order valence-corrected chi connectivity index (χ2v) is 5.47. The van der Waals surface area contributed by atoms with Gasteiger partial charge in [0.1, 0.15) is 13.2 Å². The van der Waals surface area contributed by atoms with Crippen molar-refractivity contribution in [2.24, 2.45) is 0 Å². The Labute approximate surface area is 131 Å². The van der Waals surface area contributed by atoms with Crippen LogP contribution in [-0.2, 0) is 6.54 Å². The summed E-state index contributed by atoms with van der Waals surface area (Å²) in [5.74, 6) is 1.72. The average Bonchev–Trinajstić information content (AvgIpc) is 3.08. The van der Waals surface area contributed by atoms with Gasteiger partial charge in [-0.25, -0.2) is 4.98 Å². The van der Waals surface area contributed by atoms with E-state index < -0.39 is 0 Å². The fourth-order valence-electron chi connectivity index (χ4n) is 2.73. The molecule has 1 N–H and O–H groups in total. The Kier molecular flexibility index (Phi) is 4.96. The van der Waals surface area contributed by atoms with Crippen molar-refractivity contribution >= 4 is 0 Å². The predicted octanol–water partition coefficient (Wildman–Crippen LogP) is 2.79. The first kappa shape index (κ1) is 14.9. The molecule has 0 aliphatic carbocycles. The van der Waals surface area contributed by atoms with Gasteiger partial charge in [0.2, 0.25) is 0 Å². The number of ether oxygens (including phenoxy) is 2. The van der Waals surface area contributed by atoms with Crippen LogP contribution in [0.15, 0.2) is 36.9 Å². The molecule has 0 amide bonds. The molecule has 0 bridgehead atoms. The van der Waals surface area contributed by atoms with Gasteiger partial charge in [-0.3, -0.25) is 0 Å². The van der Waals surface area contributed by atoms with Crippen LogP contribution in [-0.4, -0.2) is 29.3 Å². The quantitative estimate of drug-likeness (QED) is 0.799. The number of nitrogens with zero attached hydrogens (tertiary/aromatic N) is 2. The second kappa shape index (κ2) is 7.31. The molecule has 0 fully saturated rings. The molecular weight excluding hydrogens is 278 g/mol. The molecular formula is C17H23N3O2. The first-order valence-electron chi connectivity index (χ1n) is 7.95. The van der Waals surface area contributed by atoms with Crippen LogP contribution in [0, 0.1) is 0 Å². The SMILES string of the molecule is CC[C@H](NCCCn1ccnc1)c1ccc2c(c1)OCCO2. The van der Waals surface area contributed by atoms with Crippen molar-refractivity contribution < 1.29 is 9.47 Å². The lowest BCUT2D eigenvalue weighted by Gasteiger charge is -2.22. The smallest absolute Gasteiger partial charge is 0.161 e. The van der Waals surface area contributed by atoms with Crippen molar-refractivity contribution in [3.8, 4) is 11.5 Å². The zero-order chi connectivity index (χ0) is 15.2. The fraction of sp³-hybridized carbons (Fsp3) is 0.471. The van der Waals surface area contributed by atoms with Crippen molar-refractivity contribution in [3.05, 3.63) is 42.5 Å². The Morgan fingerprint density at radius 1 is 1.27 bits per heavy atom. The summed E-state index contributed by atoms with van der Waals surface area (Å²) in [6, 6.07) is 6.59. The number of benzene rings is 1. The summed E-state index contributed by atoms with van der Waals surface area (Å²) in [7, 11) is 0. The molecule has 0 unspecified atom stereocenters. The third kappa shape index (κ3) is 3.60. The lowest BCUT2D eigenvalue weighted by molar-refractivity contribution is 0.171. The Balaban J connectivity index is 1.54. The van der Waals surface area contributed by atoms with Crippen LogP contribution in [0.1, 0.15) is 31.4 Å². The zero-order valence-electron chi connectivity index (χ0n) is 13.0. The lowest BCUT2D eigenvalue weighted by atomic mass is 10.0. The van der Waals surface area contributed by atoms with Gasteiger partial charge < -0.3 is 19.4 Å². The molecule has 0 spiro atoms. The van der Waals surface area contributed by atoms with Gasteiger partial charge in [0.15, 0.2) is 11.5 Å². The maximum atomic E-state index is 5.67. The first-order valence-corrected chi connectivity index (χ1v) is 7.95. The topological polar surface area (TPSA) is 48.3 Å². The van der Waals surface area contributed by atoms with Crippen LogP contribution in [0.2, 0.25) is 0 Å². The molecule has 1 aromatic carbocycles. The fourth-order valence-corrected chi connectivity index (χ4v) is 2.73. The standard InChI is InChI=1S/C17H23N3O2/c1-2-15(19-6-3-8-20-9-7-18-13-20)14-4-5-16-17(12-14)22-11-10-21-16/h4-5,7,9,12-13,15,19H,2-3,6,8,10-11H2,1H3/t15-/m0/s1. The number of aryl methyl sites for hydroxylation is 1. The third-order valence-electron chi connectivity index (χ3n) is 3.92. The number of fused-ring (bicyclic) bond motifs is 1. The number of hydrogen-bond acceptors (Lipinski definition) is 4. The summed E-state index contributed by atoms with van der Waals surface area (Å²) in [6.45, 7) is 5.43. The highest BCUT2D eigenvalue weighted by molar-refractivity contribution is 5.44. The van der Waals surface area contributed by atoms with Crippen molar-refractivity contribution in [1.29, 1.82) is 0 Å². The molecule has 0 radical (unpaired) electrons. The van der Waals surface area contributed by atoms with E-state index in [9.17, 15) is 0 Å². The number of rotatable bonds is 7. The maximum absolute atomic E-state index is 5.67. The van der Waals surface area contributed by atoms with E-state index in [1.807, 2.05) is 24.8 Å². The molecule has 3 rings (SSSR count). The van der Waals surface area contributed by atoms with Crippen LogP contribution in [0.25, 0.3) is 0 Å². The first-order chi connectivity index (χ1) is 10.9. The number of nitrogens with one attached hydrogen (secondary N) is 1. The Morgan fingerprint density at radius 2 is 2.14 bits per heavy atom. The third-order valence-corrected chi connectivity index (χ3v) is 3.92. The van der Waals surface area contributed by atoms with Gasteiger partial charge in [0.05, 0.1) is 6.33 Å². The van der Waals surface area contributed by atoms with Crippen molar-refractivity contribution in [2.45, 2.75) is 32.4 Å². The predicted molar refractivity (Wildman–Crippen MR) is 85.3 cm³/mol. The van der Waals surface area contributed by atoms with Gasteiger partial charge in [-0.15, -0.1) is 0 Å². The molecule has 1 aliphatic rings. The number of aromatic nitrogens is 2. The van der Waals surface area contributed by atoms with Gasteiger partial charge in [0.25, 0.3) is 0 Å². The Morgan fingerprint density at radius 3 is 2.91 bits per heavy atom. The molecule has 118 valence electrons. The molecule has 1 aliphatic heterocycles. The summed E-state index contributed by atoms with van der Waals surface area (Å²) < 4.78 is 13.4. The monoisotopic (exact) mass is 301 g/mol. The number of hydrogen-bond donors (Lipinski definition) is 1. The van der Waals surface area contributed by atoms with Gasteiger partial charge in [-0.2, -0.15) is 0 Å². The molecule has 2 aromatic rings. The highest BCUT2D eigenvalue weighted by Gasteiger charge is 2.15. The molecule has 5 heteroatoms. The maximum Gasteiger partial charge on any atom is 0.161 e. The molecule has 1 atom stereocenters. The summed E-state index contributed by atoms with van der Waals surface area (Å²) >= 11 is 0. The number of imidazole rings is 1. The summed E-state index contributed by atoms with van der Waals surface area (Å²) in [5, 5.41) is 3.62. The largest absolute Gasteiger partial charge is 0.486 e.